The highest BCUT2D eigenvalue weighted by Crippen LogP contribution is 2.25. The van der Waals surface area contributed by atoms with E-state index in [0.717, 1.165) is 30.4 Å². The number of hydrogen-bond acceptors (Lipinski definition) is 5. The Morgan fingerprint density at radius 2 is 2.19 bits per heavy atom. The van der Waals surface area contributed by atoms with Gasteiger partial charge in [0.1, 0.15) is 5.82 Å². The van der Waals surface area contributed by atoms with Crippen molar-refractivity contribution in [1.29, 1.82) is 0 Å². The fourth-order valence-electron chi connectivity index (χ4n) is 2.50. The van der Waals surface area contributed by atoms with Crippen LogP contribution in [-0.4, -0.2) is 34.8 Å². The molecule has 0 unspecified atom stereocenters. The van der Waals surface area contributed by atoms with Gasteiger partial charge in [0.05, 0.1) is 6.61 Å². The Morgan fingerprint density at radius 1 is 1.29 bits per heavy atom. The van der Waals surface area contributed by atoms with Gasteiger partial charge < -0.3 is 15.3 Å². The van der Waals surface area contributed by atoms with E-state index in [1.807, 2.05) is 18.2 Å². The number of rotatable bonds is 4. The fourth-order valence-corrected chi connectivity index (χ4v) is 2.69. The molecule has 5 nitrogen and oxygen atoms in total. The average molecular weight is 305 g/mol. The molecule has 21 heavy (non-hydrogen) atoms. The molecule has 1 aromatic heterocycles. The van der Waals surface area contributed by atoms with E-state index in [2.05, 4.69) is 26.3 Å². The van der Waals surface area contributed by atoms with Gasteiger partial charge in [-0.15, -0.1) is 0 Å². The molecule has 1 aliphatic heterocycles. The number of aromatic nitrogens is 2. The number of halogens is 1. The van der Waals surface area contributed by atoms with Gasteiger partial charge in [-0.3, -0.25) is 0 Å². The zero-order chi connectivity index (χ0) is 14.7. The summed E-state index contributed by atoms with van der Waals surface area (Å²) in [7, 11) is 0. The number of benzene rings is 1. The normalized spacial score (nSPS) is 13.9. The first-order chi connectivity index (χ1) is 10.3. The molecule has 2 N–H and O–H groups in total. The van der Waals surface area contributed by atoms with Gasteiger partial charge in [-0.25, -0.2) is 4.98 Å². The van der Waals surface area contributed by atoms with Gasteiger partial charge in [-0.05, 0) is 35.7 Å². The Hall–Kier alpha value is -1.85. The SMILES string of the molecule is OCCNc1nccc(N2CCc3cc(Cl)ccc3C2)n1. The minimum Gasteiger partial charge on any atom is -0.395 e. The highest BCUT2D eigenvalue weighted by molar-refractivity contribution is 6.30. The highest BCUT2D eigenvalue weighted by Gasteiger charge is 2.18. The summed E-state index contributed by atoms with van der Waals surface area (Å²) in [5.41, 5.74) is 2.60. The van der Waals surface area contributed by atoms with Crippen molar-refractivity contribution in [2.75, 3.05) is 29.9 Å². The predicted octanol–water partition coefficient (Wildman–Crippen LogP) is 2.10. The van der Waals surface area contributed by atoms with Gasteiger partial charge in [0.15, 0.2) is 0 Å². The number of fused-ring (bicyclic) bond motifs is 1. The summed E-state index contributed by atoms with van der Waals surface area (Å²) in [5, 5.41) is 12.6. The van der Waals surface area contributed by atoms with E-state index in [4.69, 9.17) is 16.7 Å². The Bertz CT molecular complexity index is 635. The molecule has 1 aromatic carbocycles. The smallest absolute Gasteiger partial charge is 0.224 e. The zero-order valence-electron chi connectivity index (χ0n) is 11.6. The van der Waals surface area contributed by atoms with Crippen molar-refractivity contribution in [3.05, 3.63) is 46.6 Å². The minimum absolute atomic E-state index is 0.0609. The van der Waals surface area contributed by atoms with Crippen molar-refractivity contribution >= 4 is 23.4 Å². The Kier molecular flexibility index (Phi) is 4.22. The Morgan fingerprint density at radius 3 is 3.05 bits per heavy atom. The first kappa shape index (κ1) is 14.1. The number of aliphatic hydroxyl groups is 1. The van der Waals surface area contributed by atoms with E-state index in [1.54, 1.807) is 6.20 Å². The van der Waals surface area contributed by atoms with Crippen molar-refractivity contribution in [1.82, 2.24) is 9.97 Å². The van der Waals surface area contributed by atoms with Crippen LogP contribution in [0.3, 0.4) is 0 Å². The number of nitrogens with one attached hydrogen (secondary N) is 1. The monoisotopic (exact) mass is 304 g/mol. The number of anilines is 2. The van der Waals surface area contributed by atoms with Crippen LogP contribution in [-0.2, 0) is 13.0 Å². The quantitative estimate of drug-likeness (QED) is 0.906. The number of nitrogens with zero attached hydrogens (tertiary/aromatic N) is 3. The summed E-state index contributed by atoms with van der Waals surface area (Å²) >= 11 is 6.04. The maximum absolute atomic E-state index is 8.84. The van der Waals surface area contributed by atoms with E-state index in [9.17, 15) is 0 Å². The molecule has 0 fully saturated rings. The van der Waals surface area contributed by atoms with Crippen molar-refractivity contribution < 1.29 is 5.11 Å². The van der Waals surface area contributed by atoms with Crippen molar-refractivity contribution in [2.45, 2.75) is 13.0 Å². The molecule has 2 aromatic rings. The number of hydrogen-bond donors (Lipinski definition) is 2. The summed E-state index contributed by atoms with van der Waals surface area (Å²) in [6, 6.07) is 7.96. The van der Waals surface area contributed by atoms with Gasteiger partial charge in [-0.2, -0.15) is 4.98 Å². The van der Waals surface area contributed by atoms with Gasteiger partial charge in [0.25, 0.3) is 0 Å². The Labute approximate surface area is 128 Å². The molecule has 2 heterocycles. The molecule has 0 radical (unpaired) electrons. The van der Waals surface area contributed by atoms with Gasteiger partial charge in [-0.1, -0.05) is 17.7 Å². The lowest BCUT2D eigenvalue weighted by atomic mass is 10.00. The molecular formula is C15H17ClN4O. The molecule has 0 bridgehead atoms. The van der Waals surface area contributed by atoms with Crippen LogP contribution >= 0.6 is 11.6 Å². The second kappa shape index (κ2) is 6.28. The zero-order valence-corrected chi connectivity index (χ0v) is 12.3. The van der Waals surface area contributed by atoms with E-state index in [1.165, 1.54) is 11.1 Å². The largest absolute Gasteiger partial charge is 0.395 e. The first-order valence-electron chi connectivity index (χ1n) is 6.96. The first-order valence-corrected chi connectivity index (χ1v) is 7.34. The summed E-state index contributed by atoms with van der Waals surface area (Å²) < 4.78 is 0. The lowest BCUT2D eigenvalue weighted by molar-refractivity contribution is 0.311. The molecule has 6 heteroatoms. The van der Waals surface area contributed by atoms with Crippen LogP contribution in [0.5, 0.6) is 0 Å². The molecule has 0 amide bonds. The van der Waals surface area contributed by atoms with Crippen LogP contribution in [0.15, 0.2) is 30.5 Å². The third-order valence-electron chi connectivity index (χ3n) is 3.54. The average Bonchev–Trinajstić information content (AvgIpc) is 2.52. The third-order valence-corrected chi connectivity index (χ3v) is 3.78. The van der Waals surface area contributed by atoms with Gasteiger partial charge in [0.2, 0.25) is 5.95 Å². The van der Waals surface area contributed by atoms with Crippen molar-refractivity contribution in [2.24, 2.45) is 0 Å². The molecule has 0 atom stereocenters. The molecule has 0 aliphatic carbocycles. The third kappa shape index (κ3) is 3.25. The van der Waals surface area contributed by atoms with E-state index < -0.39 is 0 Å². The molecular weight excluding hydrogens is 288 g/mol. The van der Waals surface area contributed by atoms with E-state index in [0.29, 0.717) is 12.5 Å². The minimum atomic E-state index is 0.0609. The summed E-state index contributed by atoms with van der Waals surface area (Å²) in [6.07, 6.45) is 2.69. The van der Waals surface area contributed by atoms with Crippen molar-refractivity contribution in [3.63, 3.8) is 0 Å². The molecule has 110 valence electrons. The van der Waals surface area contributed by atoms with Crippen LogP contribution < -0.4 is 10.2 Å². The van der Waals surface area contributed by atoms with Crippen LogP contribution in [0.25, 0.3) is 0 Å². The lowest BCUT2D eigenvalue weighted by Gasteiger charge is -2.30. The molecule has 0 saturated heterocycles. The molecule has 3 rings (SSSR count). The summed E-state index contributed by atoms with van der Waals surface area (Å²) in [4.78, 5) is 10.9. The maximum Gasteiger partial charge on any atom is 0.224 e. The van der Waals surface area contributed by atoms with Crippen LogP contribution in [0, 0.1) is 0 Å². The second-order valence-electron chi connectivity index (χ2n) is 4.97. The summed E-state index contributed by atoms with van der Waals surface area (Å²) in [5.74, 6) is 1.44. The van der Waals surface area contributed by atoms with E-state index in [-0.39, 0.29) is 6.61 Å². The topological polar surface area (TPSA) is 61.3 Å². The van der Waals surface area contributed by atoms with Gasteiger partial charge >= 0.3 is 0 Å². The summed E-state index contributed by atoms with van der Waals surface area (Å²) in [6.45, 7) is 2.24. The molecule has 0 saturated carbocycles. The van der Waals surface area contributed by atoms with Crippen molar-refractivity contribution in [3.8, 4) is 0 Å². The Balaban J connectivity index is 1.78. The standard InChI is InChI=1S/C15H17ClN4O/c16-13-2-1-12-10-20(7-4-11(12)9-13)14-3-5-17-15(19-14)18-6-8-21/h1-3,5,9,21H,4,6-8,10H2,(H,17,18,19). The van der Waals surface area contributed by atoms with Crippen LogP contribution in [0.1, 0.15) is 11.1 Å². The van der Waals surface area contributed by atoms with Crippen LogP contribution in [0.2, 0.25) is 5.02 Å². The highest BCUT2D eigenvalue weighted by atomic mass is 35.5. The van der Waals surface area contributed by atoms with Gasteiger partial charge in [0, 0.05) is 30.9 Å². The number of aliphatic hydroxyl groups excluding tert-OH is 1. The van der Waals surface area contributed by atoms with Crippen LogP contribution in [0.4, 0.5) is 11.8 Å². The molecule has 1 aliphatic rings. The fraction of sp³-hybridized carbons (Fsp3) is 0.333. The second-order valence-corrected chi connectivity index (χ2v) is 5.41. The van der Waals surface area contributed by atoms with E-state index >= 15 is 0 Å². The maximum atomic E-state index is 8.84. The molecule has 0 spiro atoms. The predicted molar refractivity (Wildman–Crippen MR) is 83.8 cm³/mol. The lowest BCUT2D eigenvalue weighted by Crippen LogP contribution is -2.31.